The molecule has 0 radical (unpaired) electrons. The summed E-state index contributed by atoms with van der Waals surface area (Å²) < 4.78 is 5.55. The van der Waals surface area contributed by atoms with E-state index in [1.807, 2.05) is 12.1 Å². The number of hydrogen-bond donors (Lipinski definition) is 0. The lowest BCUT2D eigenvalue weighted by atomic mass is 10.1. The molecule has 17 heavy (non-hydrogen) atoms. The van der Waals surface area contributed by atoms with Gasteiger partial charge in [0.05, 0.1) is 6.20 Å². The first-order valence-corrected chi connectivity index (χ1v) is 6.00. The highest BCUT2D eigenvalue weighted by Crippen LogP contribution is 2.09. The van der Waals surface area contributed by atoms with Crippen LogP contribution in [0.4, 0.5) is 0 Å². The SMILES string of the molecule is CC(C)=CCC/C(C)=C/COc1cccnc1. The van der Waals surface area contributed by atoms with Gasteiger partial charge in [-0.05, 0) is 51.8 Å². The molecular weight excluding hydrogens is 210 g/mol. The van der Waals surface area contributed by atoms with Crippen LogP contribution in [0.25, 0.3) is 0 Å². The molecule has 2 heteroatoms. The minimum absolute atomic E-state index is 0.617. The Morgan fingerprint density at radius 1 is 1.29 bits per heavy atom. The number of pyridine rings is 1. The highest BCUT2D eigenvalue weighted by molar-refractivity contribution is 5.16. The molecule has 1 heterocycles. The predicted molar refractivity (Wildman–Crippen MR) is 72.2 cm³/mol. The van der Waals surface area contributed by atoms with E-state index in [9.17, 15) is 0 Å². The van der Waals surface area contributed by atoms with E-state index in [-0.39, 0.29) is 0 Å². The Morgan fingerprint density at radius 3 is 2.76 bits per heavy atom. The van der Waals surface area contributed by atoms with Crippen LogP contribution in [0.5, 0.6) is 5.75 Å². The summed E-state index contributed by atoms with van der Waals surface area (Å²) in [5.41, 5.74) is 2.75. The van der Waals surface area contributed by atoms with Crippen molar-refractivity contribution >= 4 is 0 Å². The van der Waals surface area contributed by atoms with Crippen LogP contribution in [-0.2, 0) is 0 Å². The van der Waals surface area contributed by atoms with Gasteiger partial charge < -0.3 is 4.74 Å². The molecule has 92 valence electrons. The first-order chi connectivity index (χ1) is 8.18. The van der Waals surface area contributed by atoms with Crippen molar-refractivity contribution in [3.8, 4) is 5.75 Å². The Balaban J connectivity index is 2.26. The molecule has 0 aliphatic carbocycles. The van der Waals surface area contributed by atoms with Crippen LogP contribution in [0.15, 0.2) is 47.8 Å². The van der Waals surface area contributed by atoms with Gasteiger partial charge in [0.1, 0.15) is 12.4 Å². The monoisotopic (exact) mass is 231 g/mol. The number of ether oxygens (including phenoxy) is 1. The average Bonchev–Trinajstić information content (AvgIpc) is 2.30. The van der Waals surface area contributed by atoms with Gasteiger partial charge in [0.2, 0.25) is 0 Å². The maximum absolute atomic E-state index is 5.55. The van der Waals surface area contributed by atoms with E-state index in [1.54, 1.807) is 12.4 Å². The van der Waals surface area contributed by atoms with Crippen LogP contribution in [0.1, 0.15) is 33.6 Å². The fraction of sp³-hybridized carbons (Fsp3) is 0.400. The summed E-state index contributed by atoms with van der Waals surface area (Å²) >= 11 is 0. The maximum atomic E-state index is 5.55. The van der Waals surface area contributed by atoms with Gasteiger partial charge >= 0.3 is 0 Å². The van der Waals surface area contributed by atoms with Crippen LogP contribution < -0.4 is 4.74 Å². The summed E-state index contributed by atoms with van der Waals surface area (Å²) in [5.74, 6) is 0.820. The third-order valence-corrected chi connectivity index (χ3v) is 2.41. The highest BCUT2D eigenvalue weighted by Gasteiger charge is 1.91. The fourth-order valence-electron chi connectivity index (χ4n) is 1.40. The van der Waals surface area contributed by atoms with Crippen LogP contribution >= 0.6 is 0 Å². The van der Waals surface area contributed by atoms with Crippen molar-refractivity contribution < 1.29 is 4.74 Å². The molecule has 0 aliphatic rings. The fourth-order valence-corrected chi connectivity index (χ4v) is 1.40. The lowest BCUT2D eigenvalue weighted by molar-refractivity contribution is 0.360. The van der Waals surface area contributed by atoms with E-state index < -0.39 is 0 Å². The van der Waals surface area contributed by atoms with Crippen LogP contribution in [0, 0.1) is 0 Å². The standard InChI is InChI=1S/C15H21NO/c1-13(2)6-4-7-14(3)9-11-17-15-8-5-10-16-12-15/h5-6,8-10,12H,4,7,11H2,1-3H3/b14-9+. The van der Waals surface area contributed by atoms with Crippen molar-refractivity contribution in [3.05, 3.63) is 47.8 Å². The van der Waals surface area contributed by atoms with Crippen molar-refractivity contribution in [2.75, 3.05) is 6.61 Å². The molecular formula is C15H21NO. The lowest BCUT2D eigenvalue weighted by Gasteiger charge is -2.03. The van der Waals surface area contributed by atoms with E-state index in [0.717, 1.165) is 18.6 Å². The van der Waals surface area contributed by atoms with E-state index >= 15 is 0 Å². The average molecular weight is 231 g/mol. The summed E-state index contributed by atoms with van der Waals surface area (Å²) in [7, 11) is 0. The molecule has 0 N–H and O–H groups in total. The molecule has 1 rings (SSSR count). The Labute approximate surface area is 104 Å². The second-order valence-electron chi connectivity index (χ2n) is 4.37. The molecule has 0 spiro atoms. The van der Waals surface area contributed by atoms with Crippen molar-refractivity contribution in [2.24, 2.45) is 0 Å². The summed E-state index contributed by atoms with van der Waals surface area (Å²) in [4.78, 5) is 4.00. The zero-order chi connectivity index (χ0) is 12.5. The molecule has 0 bridgehead atoms. The van der Waals surface area contributed by atoms with E-state index in [4.69, 9.17) is 4.74 Å². The molecule has 0 saturated carbocycles. The lowest BCUT2D eigenvalue weighted by Crippen LogP contribution is -1.94. The zero-order valence-corrected chi connectivity index (χ0v) is 10.9. The zero-order valence-electron chi connectivity index (χ0n) is 10.9. The van der Waals surface area contributed by atoms with Gasteiger partial charge in [-0.25, -0.2) is 0 Å². The molecule has 0 saturated heterocycles. The van der Waals surface area contributed by atoms with Crippen molar-refractivity contribution in [1.82, 2.24) is 4.98 Å². The number of hydrogen-bond acceptors (Lipinski definition) is 2. The second-order valence-corrected chi connectivity index (χ2v) is 4.37. The van der Waals surface area contributed by atoms with Crippen molar-refractivity contribution in [1.29, 1.82) is 0 Å². The van der Waals surface area contributed by atoms with Gasteiger partial charge in [0.15, 0.2) is 0 Å². The Hall–Kier alpha value is -1.57. The Morgan fingerprint density at radius 2 is 2.12 bits per heavy atom. The molecule has 0 aliphatic heterocycles. The first kappa shape index (κ1) is 13.5. The maximum Gasteiger partial charge on any atom is 0.138 e. The molecule has 1 aromatic heterocycles. The third kappa shape index (κ3) is 6.56. The smallest absolute Gasteiger partial charge is 0.138 e. The Kier molecular flexibility index (Phi) is 6.08. The van der Waals surface area contributed by atoms with E-state index in [2.05, 4.69) is 37.9 Å². The van der Waals surface area contributed by atoms with Crippen LogP contribution in [-0.4, -0.2) is 11.6 Å². The molecule has 0 aromatic carbocycles. The predicted octanol–water partition coefficient (Wildman–Crippen LogP) is 4.15. The minimum atomic E-state index is 0.617. The number of allylic oxidation sites excluding steroid dienone is 3. The molecule has 0 unspecified atom stereocenters. The van der Waals surface area contributed by atoms with E-state index in [0.29, 0.717) is 6.61 Å². The summed E-state index contributed by atoms with van der Waals surface area (Å²) in [6.45, 7) is 7.02. The van der Waals surface area contributed by atoms with Crippen LogP contribution in [0.3, 0.4) is 0 Å². The molecule has 0 atom stereocenters. The third-order valence-electron chi connectivity index (χ3n) is 2.41. The number of nitrogens with zero attached hydrogens (tertiary/aromatic N) is 1. The summed E-state index contributed by atoms with van der Waals surface area (Å²) in [6, 6.07) is 3.79. The number of aromatic nitrogens is 1. The Bertz CT molecular complexity index is 375. The topological polar surface area (TPSA) is 22.1 Å². The van der Waals surface area contributed by atoms with Gasteiger partial charge in [-0.2, -0.15) is 0 Å². The van der Waals surface area contributed by atoms with Crippen molar-refractivity contribution in [3.63, 3.8) is 0 Å². The summed E-state index contributed by atoms with van der Waals surface area (Å²) in [5, 5.41) is 0. The highest BCUT2D eigenvalue weighted by atomic mass is 16.5. The largest absolute Gasteiger partial charge is 0.488 e. The van der Waals surface area contributed by atoms with Gasteiger partial charge in [0.25, 0.3) is 0 Å². The first-order valence-electron chi connectivity index (χ1n) is 6.00. The van der Waals surface area contributed by atoms with Gasteiger partial charge in [-0.15, -0.1) is 0 Å². The second kappa shape index (κ2) is 7.66. The summed E-state index contributed by atoms with van der Waals surface area (Å²) in [6.07, 6.45) is 10.1. The molecule has 0 fully saturated rings. The minimum Gasteiger partial charge on any atom is -0.488 e. The van der Waals surface area contributed by atoms with Gasteiger partial charge in [0, 0.05) is 6.20 Å². The normalized spacial score (nSPS) is 11.1. The quantitative estimate of drug-likeness (QED) is 0.686. The van der Waals surface area contributed by atoms with Gasteiger partial charge in [-0.1, -0.05) is 17.2 Å². The number of rotatable bonds is 6. The van der Waals surface area contributed by atoms with E-state index in [1.165, 1.54) is 11.1 Å². The molecule has 0 amide bonds. The van der Waals surface area contributed by atoms with Gasteiger partial charge in [-0.3, -0.25) is 4.98 Å². The van der Waals surface area contributed by atoms with Crippen LogP contribution in [0.2, 0.25) is 0 Å². The molecule has 1 aromatic rings. The van der Waals surface area contributed by atoms with Crippen molar-refractivity contribution in [2.45, 2.75) is 33.6 Å². The molecule has 2 nitrogen and oxygen atoms in total.